The predicted octanol–water partition coefficient (Wildman–Crippen LogP) is 7.60. The van der Waals surface area contributed by atoms with Crippen LogP contribution in [0.25, 0.3) is 0 Å². The lowest BCUT2D eigenvalue weighted by molar-refractivity contribution is -0.445. The molecule has 1 aromatic rings. The number of alkyl halides is 17. The van der Waals surface area contributed by atoms with Gasteiger partial charge in [-0.3, -0.25) is 4.79 Å². The smallest absolute Gasteiger partial charge is 0.315 e. The standard InChI is InChI=1S/C15HClF21NO/c16-15(36,37)14(34,35)13(32,33)12(30,31)11(28,29)10(26,27)9(24,25)8(22,23)7(39)38-6-4(20)2(18)1(17)3(19)5(6)21/h(H,38,39). The molecule has 0 unspecified atom stereocenters. The third-order valence-electron chi connectivity index (χ3n) is 4.46. The molecule has 1 rings (SSSR count). The summed E-state index contributed by atoms with van der Waals surface area (Å²) in [5.74, 6) is -80.1. The van der Waals surface area contributed by atoms with E-state index in [-0.39, 0.29) is 5.32 Å². The number of hydrogen-bond acceptors (Lipinski definition) is 1. The summed E-state index contributed by atoms with van der Waals surface area (Å²) in [6.45, 7) is 0. The minimum Gasteiger partial charge on any atom is -0.315 e. The molecule has 0 saturated heterocycles. The van der Waals surface area contributed by atoms with Gasteiger partial charge >= 0.3 is 52.7 Å². The molecule has 0 spiro atoms. The highest BCUT2D eigenvalue weighted by molar-refractivity contribution is 6.22. The highest BCUT2D eigenvalue weighted by Gasteiger charge is 2.95. The van der Waals surface area contributed by atoms with E-state index >= 15 is 0 Å². The number of anilines is 1. The van der Waals surface area contributed by atoms with Crippen LogP contribution in [0, 0.1) is 29.1 Å². The Morgan fingerprint density at radius 3 is 1.03 bits per heavy atom. The fraction of sp³-hybridized carbons (Fsp3) is 0.533. The number of rotatable bonds is 9. The van der Waals surface area contributed by atoms with Gasteiger partial charge in [-0.2, -0.15) is 70.2 Å². The maximum Gasteiger partial charge on any atom is 0.393 e. The van der Waals surface area contributed by atoms with E-state index in [1.54, 1.807) is 0 Å². The van der Waals surface area contributed by atoms with Crippen molar-refractivity contribution in [2.75, 3.05) is 5.32 Å². The van der Waals surface area contributed by atoms with Crippen molar-refractivity contribution in [1.29, 1.82) is 0 Å². The Morgan fingerprint density at radius 1 is 0.462 bits per heavy atom. The second kappa shape index (κ2) is 9.28. The quantitative estimate of drug-likeness (QED) is 0.128. The van der Waals surface area contributed by atoms with Gasteiger partial charge in [-0.25, -0.2) is 22.0 Å². The Hall–Kier alpha value is -2.49. The van der Waals surface area contributed by atoms with Gasteiger partial charge in [0, 0.05) is 0 Å². The second-order valence-electron chi connectivity index (χ2n) is 6.92. The Morgan fingerprint density at radius 2 is 0.718 bits per heavy atom. The van der Waals surface area contributed by atoms with E-state index in [1.165, 1.54) is 0 Å². The number of halogens is 22. The molecule has 1 aromatic carbocycles. The molecule has 0 atom stereocenters. The first-order valence-electron chi connectivity index (χ1n) is 8.36. The molecule has 1 N–H and O–H groups in total. The second-order valence-corrected chi connectivity index (χ2v) is 7.39. The monoisotopic (exact) mass is 645 g/mol. The normalized spacial score (nSPS) is 15.0. The van der Waals surface area contributed by atoms with E-state index in [4.69, 9.17) is 0 Å². The molecule has 226 valence electrons. The fourth-order valence-electron chi connectivity index (χ4n) is 2.21. The molecule has 0 aliphatic rings. The first-order chi connectivity index (χ1) is 16.8. The summed E-state index contributed by atoms with van der Waals surface area (Å²) in [6, 6.07) is 0. The predicted molar refractivity (Wildman–Crippen MR) is 80.3 cm³/mol. The minimum atomic E-state index is -8.95. The minimum absolute atomic E-state index is 0.346. The third kappa shape index (κ3) is 4.46. The average Bonchev–Trinajstić information content (AvgIpc) is 2.77. The molecule has 0 radical (unpaired) electrons. The zero-order valence-electron chi connectivity index (χ0n) is 16.7. The average molecular weight is 646 g/mol. The lowest BCUT2D eigenvalue weighted by Crippen LogP contribution is -2.75. The van der Waals surface area contributed by atoms with Crippen LogP contribution in [0.3, 0.4) is 0 Å². The fourth-order valence-corrected chi connectivity index (χ4v) is 2.33. The van der Waals surface area contributed by atoms with Gasteiger partial charge in [-0.15, -0.1) is 0 Å². The highest BCUT2D eigenvalue weighted by Crippen LogP contribution is 2.64. The Balaban J connectivity index is 3.71. The number of carbonyl (C=O) groups excluding carboxylic acids is 1. The van der Waals surface area contributed by atoms with E-state index in [1.807, 2.05) is 0 Å². The van der Waals surface area contributed by atoms with E-state index in [2.05, 4.69) is 11.6 Å². The van der Waals surface area contributed by atoms with Crippen LogP contribution in [0.1, 0.15) is 0 Å². The molecule has 24 heteroatoms. The van der Waals surface area contributed by atoms with Gasteiger partial charge in [0.1, 0.15) is 5.69 Å². The van der Waals surface area contributed by atoms with E-state index in [0.29, 0.717) is 0 Å². The van der Waals surface area contributed by atoms with Crippen molar-refractivity contribution >= 4 is 23.2 Å². The molecule has 0 saturated carbocycles. The molecule has 0 aliphatic heterocycles. The van der Waals surface area contributed by atoms with Crippen LogP contribution in [0.4, 0.5) is 97.9 Å². The van der Waals surface area contributed by atoms with E-state index in [9.17, 15) is 97.0 Å². The van der Waals surface area contributed by atoms with Gasteiger partial charge in [0.25, 0.3) is 0 Å². The van der Waals surface area contributed by atoms with Crippen molar-refractivity contribution in [2.45, 2.75) is 46.8 Å². The summed E-state index contributed by atoms with van der Waals surface area (Å²) in [4.78, 5) is 11.2. The molecule has 1 amide bonds. The van der Waals surface area contributed by atoms with Crippen LogP contribution in [0.5, 0.6) is 0 Å². The van der Waals surface area contributed by atoms with E-state index < -0.39 is 87.5 Å². The Kier molecular flexibility index (Phi) is 8.22. The molecule has 39 heavy (non-hydrogen) atoms. The van der Waals surface area contributed by atoms with Gasteiger partial charge in [-0.1, -0.05) is 0 Å². The summed E-state index contributed by atoms with van der Waals surface area (Å²) < 4.78 is 279. The summed E-state index contributed by atoms with van der Waals surface area (Å²) in [6.07, 6.45) is 0. The molecule has 0 aromatic heterocycles. The first kappa shape index (κ1) is 34.5. The number of carbonyl (C=O) groups is 1. The highest BCUT2D eigenvalue weighted by atomic mass is 35.5. The summed E-state index contributed by atoms with van der Waals surface area (Å²) in [5, 5.41) is -7.37. The van der Waals surface area contributed by atoms with Crippen molar-refractivity contribution in [3.05, 3.63) is 29.1 Å². The molecule has 0 fully saturated rings. The zero-order chi connectivity index (χ0) is 31.7. The number of benzene rings is 1. The van der Waals surface area contributed by atoms with Gasteiger partial charge in [0.05, 0.1) is 0 Å². The molecule has 2 nitrogen and oxygen atoms in total. The number of nitrogens with one attached hydrogen (secondary N) is 1. The van der Waals surface area contributed by atoms with Crippen LogP contribution >= 0.6 is 11.6 Å². The van der Waals surface area contributed by atoms with Gasteiger partial charge in [-0.05, 0) is 11.6 Å². The molecule has 0 heterocycles. The maximum atomic E-state index is 13.8. The lowest BCUT2D eigenvalue weighted by Gasteiger charge is -2.42. The Labute approximate surface area is 202 Å². The molecule has 0 bridgehead atoms. The number of hydrogen-bond donors (Lipinski definition) is 1. The van der Waals surface area contributed by atoms with Crippen molar-refractivity contribution in [3.63, 3.8) is 0 Å². The molecular weight excluding hydrogens is 645 g/mol. The van der Waals surface area contributed by atoms with Crippen molar-refractivity contribution in [3.8, 4) is 0 Å². The van der Waals surface area contributed by atoms with E-state index in [0.717, 1.165) is 0 Å². The Bertz CT molecular complexity index is 1110. The van der Waals surface area contributed by atoms with Gasteiger partial charge in [0.2, 0.25) is 5.82 Å². The van der Waals surface area contributed by atoms with Crippen molar-refractivity contribution < 1.29 is 97.0 Å². The van der Waals surface area contributed by atoms with Crippen LogP contribution in [-0.2, 0) is 4.79 Å². The lowest BCUT2D eigenvalue weighted by atomic mass is 9.89. The van der Waals surface area contributed by atoms with Crippen LogP contribution in [0.2, 0.25) is 0 Å². The summed E-state index contributed by atoms with van der Waals surface area (Å²) in [5.41, 5.74) is -3.05. The SMILES string of the molecule is O=C(Nc1c(F)c(F)c(F)c(F)c1F)C(F)(F)C(F)(F)C(F)(F)C(F)(F)C(F)(F)C(F)(F)C(F)(F)C(F)(F)Cl. The van der Waals surface area contributed by atoms with Crippen LogP contribution < -0.4 is 5.32 Å². The van der Waals surface area contributed by atoms with Crippen LogP contribution in [-0.4, -0.2) is 52.7 Å². The van der Waals surface area contributed by atoms with Crippen molar-refractivity contribution in [2.24, 2.45) is 0 Å². The van der Waals surface area contributed by atoms with Crippen molar-refractivity contribution in [1.82, 2.24) is 0 Å². The maximum absolute atomic E-state index is 13.8. The van der Waals surface area contributed by atoms with Gasteiger partial charge < -0.3 is 5.32 Å². The van der Waals surface area contributed by atoms with Crippen LogP contribution in [0.15, 0.2) is 0 Å². The molecular formula is C15HClF21NO. The third-order valence-corrected chi connectivity index (χ3v) is 4.69. The summed E-state index contributed by atoms with van der Waals surface area (Å²) >= 11 is 3.33. The van der Waals surface area contributed by atoms with Gasteiger partial charge in [0.15, 0.2) is 23.3 Å². The molecule has 0 aliphatic carbocycles. The largest absolute Gasteiger partial charge is 0.393 e. The first-order valence-corrected chi connectivity index (χ1v) is 8.74. The summed E-state index contributed by atoms with van der Waals surface area (Å²) in [7, 11) is 0. The number of amides is 1. The zero-order valence-corrected chi connectivity index (χ0v) is 17.5. The topological polar surface area (TPSA) is 29.1 Å².